The summed E-state index contributed by atoms with van der Waals surface area (Å²) in [5.74, 6) is -1.21. The summed E-state index contributed by atoms with van der Waals surface area (Å²) in [6.07, 6.45) is 0.288. The molecular formula is C13H10BrNO3S. The number of anilines is 1. The van der Waals surface area contributed by atoms with Gasteiger partial charge in [-0.05, 0) is 45.6 Å². The summed E-state index contributed by atoms with van der Waals surface area (Å²) in [5, 5.41) is 13.6. The van der Waals surface area contributed by atoms with Crippen molar-refractivity contribution in [2.75, 3.05) is 5.32 Å². The van der Waals surface area contributed by atoms with E-state index < -0.39 is 5.97 Å². The average molecular weight is 340 g/mol. The minimum Gasteiger partial charge on any atom is -0.478 e. The Morgan fingerprint density at radius 2 is 2.11 bits per heavy atom. The third-order valence-electron chi connectivity index (χ3n) is 2.40. The van der Waals surface area contributed by atoms with E-state index in [0.29, 0.717) is 10.2 Å². The Hall–Kier alpha value is -1.66. The predicted octanol–water partition coefficient (Wildman–Crippen LogP) is 3.39. The standard InChI is InChI=1S/C13H10BrNO3S/c14-11-4-3-8(6-10(11)13(17)18)15-12(16)7-9-2-1-5-19-9/h1-6H,7H2,(H,15,16)(H,17,18). The number of rotatable bonds is 4. The van der Waals surface area contributed by atoms with Crippen LogP contribution >= 0.6 is 27.3 Å². The number of aromatic carboxylic acids is 1. The molecule has 1 amide bonds. The van der Waals surface area contributed by atoms with Gasteiger partial charge in [0.2, 0.25) is 5.91 Å². The Kier molecular flexibility index (Phi) is 4.34. The lowest BCUT2D eigenvalue weighted by Gasteiger charge is -2.06. The van der Waals surface area contributed by atoms with E-state index in [1.54, 1.807) is 12.1 Å². The number of nitrogens with one attached hydrogen (secondary N) is 1. The number of benzene rings is 1. The number of halogens is 1. The molecule has 0 aliphatic rings. The van der Waals surface area contributed by atoms with Gasteiger partial charge in [-0.15, -0.1) is 11.3 Å². The van der Waals surface area contributed by atoms with E-state index in [2.05, 4.69) is 21.2 Å². The van der Waals surface area contributed by atoms with Crippen LogP contribution in [0.5, 0.6) is 0 Å². The molecule has 2 aromatic rings. The second kappa shape index (κ2) is 5.99. The summed E-state index contributed by atoms with van der Waals surface area (Å²) >= 11 is 4.66. The van der Waals surface area contributed by atoms with Gasteiger partial charge in [0, 0.05) is 15.0 Å². The van der Waals surface area contributed by atoms with Crippen LogP contribution < -0.4 is 5.32 Å². The summed E-state index contributed by atoms with van der Waals surface area (Å²) < 4.78 is 0.483. The van der Waals surface area contributed by atoms with Crippen LogP contribution in [0.3, 0.4) is 0 Å². The second-order valence-corrected chi connectivity index (χ2v) is 5.69. The van der Waals surface area contributed by atoms with Gasteiger partial charge >= 0.3 is 5.97 Å². The zero-order valence-corrected chi connectivity index (χ0v) is 12.1. The SMILES string of the molecule is O=C(Cc1cccs1)Nc1ccc(Br)c(C(=O)O)c1. The predicted molar refractivity (Wildman–Crippen MR) is 77.8 cm³/mol. The Bertz CT molecular complexity index is 610. The highest BCUT2D eigenvalue weighted by Crippen LogP contribution is 2.21. The van der Waals surface area contributed by atoms with Crippen molar-refractivity contribution in [1.82, 2.24) is 0 Å². The highest BCUT2D eigenvalue weighted by atomic mass is 79.9. The molecular weight excluding hydrogens is 330 g/mol. The molecule has 19 heavy (non-hydrogen) atoms. The Balaban J connectivity index is 2.09. The molecule has 1 heterocycles. The van der Waals surface area contributed by atoms with E-state index in [9.17, 15) is 9.59 Å². The molecule has 0 aliphatic heterocycles. The molecule has 6 heteroatoms. The summed E-state index contributed by atoms with van der Waals surface area (Å²) in [7, 11) is 0. The molecule has 0 unspecified atom stereocenters. The van der Waals surface area contributed by atoms with Gasteiger partial charge in [-0.3, -0.25) is 4.79 Å². The van der Waals surface area contributed by atoms with E-state index in [1.807, 2.05) is 17.5 Å². The molecule has 0 aliphatic carbocycles. The van der Waals surface area contributed by atoms with Gasteiger partial charge in [0.05, 0.1) is 12.0 Å². The lowest BCUT2D eigenvalue weighted by Crippen LogP contribution is -2.14. The monoisotopic (exact) mass is 339 g/mol. The fourth-order valence-corrected chi connectivity index (χ4v) is 2.66. The third kappa shape index (κ3) is 3.65. The van der Waals surface area contributed by atoms with Crippen molar-refractivity contribution in [2.45, 2.75) is 6.42 Å². The number of carbonyl (C=O) groups excluding carboxylic acids is 1. The van der Waals surface area contributed by atoms with Crippen molar-refractivity contribution in [3.63, 3.8) is 0 Å². The summed E-state index contributed by atoms with van der Waals surface area (Å²) in [6.45, 7) is 0. The molecule has 0 atom stereocenters. The lowest BCUT2D eigenvalue weighted by atomic mass is 10.2. The van der Waals surface area contributed by atoms with Crippen molar-refractivity contribution in [3.8, 4) is 0 Å². The van der Waals surface area contributed by atoms with Crippen molar-refractivity contribution in [3.05, 3.63) is 50.6 Å². The Morgan fingerprint density at radius 3 is 2.74 bits per heavy atom. The molecule has 0 bridgehead atoms. The van der Waals surface area contributed by atoms with Crippen molar-refractivity contribution < 1.29 is 14.7 Å². The van der Waals surface area contributed by atoms with E-state index in [4.69, 9.17) is 5.11 Å². The highest BCUT2D eigenvalue weighted by molar-refractivity contribution is 9.10. The second-order valence-electron chi connectivity index (χ2n) is 3.80. The minimum atomic E-state index is -1.04. The molecule has 4 nitrogen and oxygen atoms in total. The molecule has 0 fully saturated rings. The number of carbonyl (C=O) groups is 2. The van der Waals surface area contributed by atoms with Crippen molar-refractivity contribution in [2.24, 2.45) is 0 Å². The first-order chi connectivity index (χ1) is 9.06. The molecule has 0 spiro atoms. The zero-order chi connectivity index (χ0) is 13.8. The normalized spacial score (nSPS) is 10.2. The van der Waals surface area contributed by atoms with Gasteiger partial charge < -0.3 is 10.4 Å². The maximum Gasteiger partial charge on any atom is 0.336 e. The Morgan fingerprint density at radius 1 is 1.32 bits per heavy atom. The zero-order valence-electron chi connectivity index (χ0n) is 9.72. The van der Waals surface area contributed by atoms with Crippen LogP contribution in [-0.4, -0.2) is 17.0 Å². The summed E-state index contributed by atoms with van der Waals surface area (Å²) in [4.78, 5) is 23.7. The topological polar surface area (TPSA) is 66.4 Å². The molecule has 2 N–H and O–H groups in total. The van der Waals surface area contributed by atoms with E-state index >= 15 is 0 Å². The maximum absolute atomic E-state index is 11.8. The number of carboxylic acids is 1. The van der Waals surface area contributed by atoms with Gasteiger partial charge in [0.1, 0.15) is 0 Å². The van der Waals surface area contributed by atoms with Gasteiger partial charge in [0.25, 0.3) is 0 Å². The Labute approximate surface area is 122 Å². The molecule has 0 saturated carbocycles. The lowest BCUT2D eigenvalue weighted by molar-refractivity contribution is -0.115. The van der Waals surface area contributed by atoms with Crippen LogP contribution in [0.15, 0.2) is 40.2 Å². The van der Waals surface area contributed by atoms with Crippen LogP contribution in [-0.2, 0) is 11.2 Å². The molecule has 1 aromatic carbocycles. The van der Waals surface area contributed by atoms with Gasteiger partial charge in [-0.2, -0.15) is 0 Å². The fourth-order valence-electron chi connectivity index (χ4n) is 1.54. The van der Waals surface area contributed by atoms with E-state index in [1.165, 1.54) is 17.4 Å². The number of thiophene rings is 1. The first-order valence-electron chi connectivity index (χ1n) is 5.41. The smallest absolute Gasteiger partial charge is 0.336 e. The van der Waals surface area contributed by atoms with Gasteiger partial charge in [-0.1, -0.05) is 6.07 Å². The minimum absolute atomic E-state index is 0.119. The third-order valence-corrected chi connectivity index (χ3v) is 3.96. The number of hydrogen-bond acceptors (Lipinski definition) is 3. The number of hydrogen-bond donors (Lipinski definition) is 2. The molecule has 1 aromatic heterocycles. The number of amides is 1. The van der Waals surface area contributed by atoms with E-state index in [0.717, 1.165) is 4.88 Å². The van der Waals surface area contributed by atoms with Gasteiger partial charge in [-0.25, -0.2) is 4.79 Å². The van der Waals surface area contributed by atoms with Crippen LogP contribution in [0.2, 0.25) is 0 Å². The summed E-state index contributed by atoms with van der Waals surface area (Å²) in [6, 6.07) is 8.45. The molecule has 98 valence electrons. The van der Waals surface area contributed by atoms with Crippen LogP contribution in [0.25, 0.3) is 0 Å². The van der Waals surface area contributed by atoms with Gasteiger partial charge in [0.15, 0.2) is 0 Å². The maximum atomic E-state index is 11.8. The quantitative estimate of drug-likeness (QED) is 0.897. The largest absolute Gasteiger partial charge is 0.478 e. The van der Waals surface area contributed by atoms with Crippen LogP contribution in [0.4, 0.5) is 5.69 Å². The summed E-state index contributed by atoms with van der Waals surface area (Å²) in [5.41, 5.74) is 0.594. The number of carboxylic acid groups (broad SMARTS) is 1. The first kappa shape index (κ1) is 13.8. The molecule has 0 radical (unpaired) electrons. The van der Waals surface area contributed by atoms with Crippen molar-refractivity contribution >= 4 is 44.8 Å². The molecule has 2 rings (SSSR count). The van der Waals surface area contributed by atoms with Crippen LogP contribution in [0.1, 0.15) is 15.2 Å². The highest BCUT2D eigenvalue weighted by Gasteiger charge is 2.11. The van der Waals surface area contributed by atoms with Crippen molar-refractivity contribution in [1.29, 1.82) is 0 Å². The first-order valence-corrected chi connectivity index (χ1v) is 7.08. The van der Waals surface area contributed by atoms with Crippen LogP contribution in [0, 0.1) is 0 Å². The fraction of sp³-hybridized carbons (Fsp3) is 0.0769. The van der Waals surface area contributed by atoms with E-state index in [-0.39, 0.29) is 17.9 Å². The average Bonchev–Trinajstić information content (AvgIpc) is 2.84. The molecule has 0 saturated heterocycles.